The molecule has 0 bridgehead atoms. The lowest BCUT2D eigenvalue weighted by Gasteiger charge is -2.38. The molecule has 2 aliphatic rings. The highest BCUT2D eigenvalue weighted by molar-refractivity contribution is 5.97. The molecule has 2 aromatic rings. The maximum absolute atomic E-state index is 12.7. The number of carbonyl (C=O) groups excluding carboxylic acids is 1. The Kier molecular flexibility index (Phi) is 7.86. The first-order valence-electron chi connectivity index (χ1n) is 8.58. The monoisotopic (exact) mass is 411 g/mol. The van der Waals surface area contributed by atoms with Crippen LogP contribution in [-0.4, -0.2) is 55.2 Å². The first-order chi connectivity index (χ1) is 12.3. The lowest BCUT2D eigenvalue weighted by molar-refractivity contribution is -0.122. The number of pyridine rings is 1. The van der Waals surface area contributed by atoms with E-state index in [-0.39, 0.29) is 43.4 Å². The smallest absolute Gasteiger partial charge is 0.266 e. The van der Waals surface area contributed by atoms with Crippen LogP contribution in [0.4, 0.5) is 5.82 Å². The Morgan fingerprint density at radius 3 is 2.52 bits per heavy atom. The molecule has 1 amide bonds. The third kappa shape index (κ3) is 4.71. The van der Waals surface area contributed by atoms with E-state index in [0.717, 1.165) is 38.4 Å². The van der Waals surface area contributed by atoms with Gasteiger partial charge in [-0.25, -0.2) is 4.98 Å². The molecule has 0 saturated carbocycles. The Balaban J connectivity index is 0.00000131. The van der Waals surface area contributed by atoms with Crippen LogP contribution < -0.4 is 9.64 Å². The quantitative estimate of drug-likeness (QED) is 0.773. The summed E-state index contributed by atoms with van der Waals surface area (Å²) in [7, 11) is 0. The van der Waals surface area contributed by atoms with Crippen molar-refractivity contribution in [3.05, 3.63) is 54.2 Å². The molecule has 0 aliphatic carbocycles. The van der Waals surface area contributed by atoms with E-state index in [1.807, 2.05) is 30.3 Å². The normalized spacial score (nSPS) is 17.8. The molecular formula is C19H23Cl2N3O3. The molecule has 1 saturated heterocycles. The molecule has 1 unspecified atom stereocenters. The Morgan fingerprint density at radius 2 is 1.78 bits per heavy atom. The first kappa shape index (κ1) is 21.4. The second kappa shape index (κ2) is 9.90. The number of halogens is 2. The van der Waals surface area contributed by atoms with Gasteiger partial charge in [0.25, 0.3) is 5.91 Å². The predicted octanol–water partition coefficient (Wildman–Crippen LogP) is 2.72. The first-order valence-corrected chi connectivity index (χ1v) is 8.58. The highest BCUT2D eigenvalue weighted by atomic mass is 35.5. The van der Waals surface area contributed by atoms with Crippen LogP contribution in [0.25, 0.3) is 0 Å². The number of ether oxygens (including phenoxy) is 2. The van der Waals surface area contributed by atoms with Gasteiger partial charge in [0.05, 0.1) is 19.3 Å². The van der Waals surface area contributed by atoms with Crippen LogP contribution in [0.2, 0.25) is 0 Å². The summed E-state index contributed by atoms with van der Waals surface area (Å²) in [4.78, 5) is 21.3. The lowest BCUT2D eigenvalue weighted by Crippen LogP contribution is -2.48. The average molecular weight is 412 g/mol. The predicted molar refractivity (Wildman–Crippen MR) is 108 cm³/mol. The second-order valence-electron chi connectivity index (χ2n) is 6.22. The number of anilines is 1. The third-order valence-corrected chi connectivity index (χ3v) is 4.63. The van der Waals surface area contributed by atoms with Crippen molar-refractivity contribution in [1.82, 2.24) is 9.88 Å². The van der Waals surface area contributed by atoms with E-state index in [4.69, 9.17) is 9.47 Å². The van der Waals surface area contributed by atoms with Gasteiger partial charge in [0.15, 0.2) is 18.2 Å². The van der Waals surface area contributed by atoms with Crippen molar-refractivity contribution in [1.29, 1.82) is 0 Å². The molecule has 3 heterocycles. The number of hydrogen-bond acceptors (Lipinski definition) is 5. The van der Waals surface area contributed by atoms with Crippen molar-refractivity contribution in [2.45, 2.75) is 6.04 Å². The van der Waals surface area contributed by atoms with Gasteiger partial charge in [-0.3, -0.25) is 14.6 Å². The lowest BCUT2D eigenvalue weighted by atomic mass is 10.0. The highest BCUT2D eigenvalue weighted by Crippen LogP contribution is 2.36. The van der Waals surface area contributed by atoms with Gasteiger partial charge in [0, 0.05) is 25.8 Å². The summed E-state index contributed by atoms with van der Waals surface area (Å²) < 4.78 is 11.0. The zero-order valence-corrected chi connectivity index (χ0v) is 16.5. The van der Waals surface area contributed by atoms with Gasteiger partial charge in [-0.05, 0) is 17.7 Å². The van der Waals surface area contributed by atoms with Crippen LogP contribution in [0.3, 0.4) is 0 Å². The zero-order valence-electron chi connectivity index (χ0n) is 14.8. The largest absolute Gasteiger partial charge is 0.480 e. The van der Waals surface area contributed by atoms with E-state index >= 15 is 0 Å². The van der Waals surface area contributed by atoms with Gasteiger partial charge in [0.2, 0.25) is 0 Å². The summed E-state index contributed by atoms with van der Waals surface area (Å²) in [6.45, 7) is 3.99. The molecule has 146 valence electrons. The van der Waals surface area contributed by atoms with Crippen LogP contribution >= 0.6 is 24.8 Å². The fraction of sp³-hybridized carbons (Fsp3) is 0.368. The number of fused-ring (bicyclic) bond motifs is 1. The van der Waals surface area contributed by atoms with E-state index in [0.29, 0.717) is 11.6 Å². The summed E-state index contributed by atoms with van der Waals surface area (Å²) in [5.41, 5.74) is 1.10. The molecule has 1 aromatic carbocycles. The van der Waals surface area contributed by atoms with E-state index in [2.05, 4.69) is 22.0 Å². The number of benzene rings is 1. The van der Waals surface area contributed by atoms with Crippen LogP contribution in [0.15, 0.2) is 48.7 Å². The fourth-order valence-corrected chi connectivity index (χ4v) is 3.36. The Bertz CT molecular complexity index is 742. The summed E-state index contributed by atoms with van der Waals surface area (Å²) >= 11 is 0. The standard InChI is InChI=1S/C19H21N3O3.2ClH/c23-18-14-25-17-7-4-8-20-19(17)22(18)16(15-5-2-1-3-6-15)13-21-9-11-24-12-10-21;;/h1-8,16H,9-14H2;2*1H. The number of rotatable bonds is 4. The summed E-state index contributed by atoms with van der Waals surface area (Å²) in [6, 6.07) is 13.7. The topological polar surface area (TPSA) is 54.9 Å². The van der Waals surface area contributed by atoms with Gasteiger partial charge in [0.1, 0.15) is 0 Å². The van der Waals surface area contributed by atoms with Crippen molar-refractivity contribution in [3.8, 4) is 5.75 Å². The number of aromatic nitrogens is 1. The van der Waals surface area contributed by atoms with Gasteiger partial charge in [-0.15, -0.1) is 24.8 Å². The molecule has 0 N–H and O–H groups in total. The molecule has 0 radical (unpaired) electrons. The number of hydrogen-bond donors (Lipinski definition) is 0. The number of morpholine rings is 1. The number of amides is 1. The summed E-state index contributed by atoms with van der Waals surface area (Å²) in [5, 5.41) is 0. The Morgan fingerprint density at radius 1 is 1.04 bits per heavy atom. The van der Waals surface area contributed by atoms with Gasteiger partial charge >= 0.3 is 0 Å². The van der Waals surface area contributed by atoms with E-state index in [1.54, 1.807) is 11.1 Å². The van der Waals surface area contributed by atoms with Gasteiger partial charge < -0.3 is 9.47 Å². The number of nitrogens with zero attached hydrogens (tertiary/aromatic N) is 3. The molecule has 1 aromatic heterocycles. The second-order valence-corrected chi connectivity index (χ2v) is 6.22. The molecule has 8 heteroatoms. The molecule has 0 spiro atoms. The minimum Gasteiger partial charge on any atom is -0.480 e. The minimum atomic E-state index is -0.107. The van der Waals surface area contributed by atoms with E-state index < -0.39 is 0 Å². The fourth-order valence-electron chi connectivity index (χ4n) is 3.36. The Labute approximate surface area is 171 Å². The average Bonchev–Trinajstić information content (AvgIpc) is 2.68. The Hall–Kier alpha value is -1.86. The van der Waals surface area contributed by atoms with Gasteiger partial charge in [-0.2, -0.15) is 0 Å². The van der Waals surface area contributed by atoms with Crippen LogP contribution in [0, 0.1) is 0 Å². The van der Waals surface area contributed by atoms with E-state index in [9.17, 15) is 4.79 Å². The zero-order chi connectivity index (χ0) is 17.1. The maximum atomic E-state index is 12.7. The molecule has 2 aliphatic heterocycles. The van der Waals surface area contributed by atoms with Crippen LogP contribution in [-0.2, 0) is 9.53 Å². The van der Waals surface area contributed by atoms with E-state index in [1.165, 1.54) is 0 Å². The van der Waals surface area contributed by atoms with Crippen molar-refractivity contribution in [2.24, 2.45) is 0 Å². The third-order valence-electron chi connectivity index (χ3n) is 4.63. The van der Waals surface area contributed by atoms with Crippen molar-refractivity contribution in [2.75, 3.05) is 44.4 Å². The molecular weight excluding hydrogens is 389 g/mol. The molecule has 6 nitrogen and oxygen atoms in total. The minimum absolute atomic E-state index is 0. The molecule has 4 rings (SSSR count). The van der Waals surface area contributed by atoms with Crippen molar-refractivity contribution in [3.63, 3.8) is 0 Å². The SMILES string of the molecule is Cl.Cl.O=C1COc2cccnc2N1C(CN1CCOCC1)c1ccccc1. The van der Waals surface area contributed by atoms with Crippen LogP contribution in [0.5, 0.6) is 5.75 Å². The molecule has 1 atom stereocenters. The highest BCUT2D eigenvalue weighted by Gasteiger charge is 2.34. The summed E-state index contributed by atoms with van der Waals surface area (Å²) in [5.74, 6) is 1.19. The van der Waals surface area contributed by atoms with Gasteiger partial charge in [-0.1, -0.05) is 30.3 Å². The summed E-state index contributed by atoms with van der Waals surface area (Å²) in [6.07, 6.45) is 1.70. The molecule has 27 heavy (non-hydrogen) atoms. The number of carbonyl (C=O) groups is 1. The van der Waals surface area contributed by atoms with Crippen molar-refractivity contribution < 1.29 is 14.3 Å². The molecule has 1 fully saturated rings. The van der Waals surface area contributed by atoms with Crippen molar-refractivity contribution >= 4 is 36.5 Å². The van der Waals surface area contributed by atoms with Crippen LogP contribution in [0.1, 0.15) is 11.6 Å². The maximum Gasteiger partial charge on any atom is 0.266 e.